The van der Waals surface area contributed by atoms with Gasteiger partial charge in [0, 0.05) is 23.1 Å². The summed E-state index contributed by atoms with van der Waals surface area (Å²) in [6, 6.07) is 8.79. The van der Waals surface area contributed by atoms with Crippen molar-refractivity contribution < 1.29 is 9.63 Å². The quantitative estimate of drug-likeness (QED) is 0.717. The first-order valence-electron chi connectivity index (χ1n) is 5.66. The molecule has 0 aliphatic heterocycles. The molecular weight excluding hydrogens is 262 g/mol. The number of rotatable bonds is 3. The maximum atomic E-state index is 9.80. The van der Waals surface area contributed by atoms with Crippen LogP contribution < -0.4 is 5.73 Å². The van der Waals surface area contributed by atoms with Crippen LogP contribution in [-0.2, 0) is 6.42 Å². The van der Waals surface area contributed by atoms with Gasteiger partial charge in [-0.05, 0) is 23.6 Å². The van der Waals surface area contributed by atoms with E-state index in [1.54, 1.807) is 23.5 Å². The Balaban J connectivity index is 1.88. The second-order valence-electron chi connectivity index (χ2n) is 4.05. The monoisotopic (exact) mass is 273 g/mol. The molecule has 0 bridgehead atoms. The number of hydrogen-bond donors (Lipinski definition) is 2. The van der Waals surface area contributed by atoms with Gasteiger partial charge in [0.25, 0.3) is 5.89 Å². The highest BCUT2D eigenvalue weighted by atomic mass is 32.1. The van der Waals surface area contributed by atoms with E-state index in [9.17, 15) is 5.11 Å². The van der Waals surface area contributed by atoms with Crippen molar-refractivity contribution >= 4 is 17.0 Å². The van der Waals surface area contributed by atoms with Gasteiger partial charge < -0.3 is 15.4 Å². The Labute approximate surface area is 113 Å². The molecule has 19 heavy (non-hydrogen) atoms. The summed E-state index contributed by atoms with van der Waals surface area (Å²) in [4.78, 5) is 5.43. The summed E-state index contributed by atoms with van der Waals surface area (Å²) in [5.41, 5.74) is 6.55. The van der Waals surface area contributed by atoms with Gasteiger partial charge in [0.15, 0.2) is 5.82 Å². The van der Waals surface area contributed by atoms with E-state index < -0.39 is 0 Å². The van der Waals surface area contributed by atoms with Crippen LogP contribution in [0.1, 0.15) is 10.7 Å². The van der Waals surface area contributed by atoms with Gasteiger partial charge in [-0.25, -0.2) is 0 Å². The Hall–Kier alpha value is -2.34. The van der Waals surface area contributed by atoms with Crippen LogP contribution in [0.25, 0.3) is 11.5 Å². The van der Waals surface area contributed by atoms with Crippen molar-refractivity contribution in [2.75, 3.05) is 5.73 Å². The zero-order valence-corrected chi connectivity index (χ0v) is 10.7. The number of phenolic OH excluding ortho intramolecular Hbond substituents is 1. The highest BCUT2D eigenvalue weighted by Gasteiger charge is 2.13. The number of aromatic hydroxyl groups is 1. The largest absolute Gasteiger partial charge is 0.507 e. The van der Waals surface area contributed by atoms with Crippen molar-refractivity contribution in [3.8, 4) is 17.2 Å². The number of hydrogen-bond acceptors (Lipinski definition) is 6. The summed E-state index contributed by atoms with van der Waals surface area (Å²) in [6.07, 6.45) is 0.622. The summed E-state index contributed by atoms with van der Waals surface area (Å²) in [5.74, 6) is 0.920. The molecule has 0 radical (unpaired) electrons. The summed E-state index contributed by atoms with van der Waals surface area (Å²) in [5, 5.41) is 15.7. The number of phenols is 1. The molecule has 0 amide bonds. The van der Waals surface area contributed by atoms with E-state index in [1.165, 1.54) is 6.07 Å². The average Bonchev–Trinajstić information content (AvgIpc) is 3.01. The van der Waals surface area contributed by atoms with Crippen LogP contribution in [0.3, 0.4) is 0 Å². The van der Waals surface area contributed by atoms with Crippen molar-refractivity contribution in [3.63, 3.8) is 0 Å². The van der Waals surface area contributed by atoms with E-state index in [1.807, 2.05) is 17.5 Å². The van der Waals surface area contributed by atoms with E-state index in [0.717, 1.165) is 4.88 Å². The van der Waals surface area contributed by atoms with Crippen LogP contribution >= 0.6 is 11.3 Å². The Morgan fingerprint density at radius 1 is 1.32 bits per heavy atom. The molecule has 0 unspecified atom stereocenters. The third-order valence-electron chi connectivity index (χ3n) is 2.63. The molecule has 0 fully saturated rings. The average molecular weight is 273 g/mol. The molecule has 3 N–H and O–H groups in total. The molecule has 96 valence electrons. The van der Waals surface area contributed by atoms with Crippen molar-refractivity contribution in [3.05, 3.63) is 46.4 Å². The molecule has 3 rings (SSSR count). The second-order valence-corrected chi connectivity index (χ2v) is 5.08. The molecule has 3 aromatic rings. The minimum atomic E-state index is 0.0336. The fourth-order valence-corrected chi connectivity index (χ4v) is 2.44. The van der Waals surface area contributed by atoms with E-state index >= 15 is 0 Å². The van der Waals surface area contributed by atoms with Gasteiger partial charge in [-0.3, -0.25) is 0 Å². The molecule has 6 heteroatoms. The van der Waals surface area contributed by atoms with Gasteiger partial charge >= 0.3 is 0 Å². The molecule has 0 saturated carbocycles. The predicted molar refractivity (Wildman–Crippen MR) is 72.9 cm³/mol. The van der Waals surface area contributed by atoms with Crippen LogP contribution in [0.4, 0.5) is 5.69 Å². The molecule has 0 spiro atoms. The fourth-order valence-electron chi connectivity index (χ4n) is 1.73. The van der Waals surface area contributed by atoms with Crippen molar-refractivity contribution in [2.24, 2.45) is 0 Å². The summed E-state index contributed by atoms with van der Waals surface area (Å²) < 4.78 is 5.16. The summed E-state index contributed by atoms with van der Waals surface area (Å²) in [6.45, 7) is 0. The van der Waals surface area contributed by atoms with Gasteiger partial charge in [-0.1, -0.05) is 11.2 Å². The van der Waals surface area contributed by atoms with Crippen LogP contribution in [-0.4, -0.2) is 15.2 Å². The topological polar surface area (TPSA) is 85.2 Å². The Morgan fingerprint density at radius 2 is 2.21 bits per heavy atom. The van der Waals surface area contributed by atoms with Crippen LogP contribution in [0.5, 0.6) is 5.75 Å². The highest BCUT2D eigenvalue weighted by molar-refractivity contribution is 7.09. The SMILES string of the molecule is Nc1ccc(-c2nc(Cc3cccs3)no2)c(O)c1. The second kappa shape index (κ2) is 4.74. The number of nitrogens with two attached hydrogens (primary N) is 1. The lowest BCUT2D eigenvalue weighted by atomic mass is 10.2. The highest BCUT2D eigenvalue weighted by Crippen LogP contribution is 2.29. The van der Waals surface area contributed by atoms with Crippen molar-refractivity contribution in [1.29, 1.82) is 0 Å². The van der Waals surface area contributed by atoms with Gasteiger partial charge in [0.2, 0.25) is 0 Å². The van der Waals surface area contributed by atoms with E-state index in [-0.39, 0.29) is 5.75 Å². The molecule has 0 atom stereocenters. The number of benzene rings is 1. The van der Waals surface area contributed by atoms with Gasteiger partial charge in [0.05, 0.1) is 5.56 Å². The smallest absolute Gasteiger partial charge is 0.261 e. The van der Waals surface area contributed by atoms with Crippen LogP contribution in [0.2, 0.25) is 0 Å². The Kier molecular flexibility index (Phi) is 2.92. The van der Waals surface area contributed by atoms with Crippen LogP contribution in [0.15, 0.2) is 40.2 Å². The molecule has 5 nitrogen and oxygen atoms in total. The van der Waals surface area contributed by atoms with E-state index in [0.29, 0.717) is 29.4 Å². The standard InChI is InChI=1S/C13H11N3O2S/c14-8-3-4-10(11(17)6-8)13-15-12(16-18-13)7-9-2-1-5-19-9/h1-6,17H,7,14H2. The summed E-state index contributed by atoms with van der Waals surface area (Å²) in [7, 11) is 0. The zero-order chi connectivity index (χ0) is 13.2. The molecule has 2 aromatic heterocycles. The number of nitrogen functional groups attached to an aromatic ring is 1. The molecular formula is C13H11N3O2S. The maximum Gasteiger partial charge on any atom is 0.261 e. The minimum Gasteiger partial charge on any atom is -0.507 e. The summed E-state index contributed by atoms with van der Waals surface area (Å²) >= 11 is 1.64. The van der Waals surface area contributed by atoms with E-state index in [4.69, 9.17) is 10.3 Å². The number of thiophene rings is 1. The van der Waals surface area contributed by atoms with Crippen LogP contribution in [0, 0.1) is 0 Å². The first-order chi connectivity index (χ1) is 9.22. The molecule has 0 aliphatic rings. The lowest BCUT2D eigenvalue weighted by molar-refractivity contribution is 0.419. The van der Waals surface area contributed by atoms with Gasteiger partial charge in [-0.2, -0.15) is 4.98 Å². The Bertz CT molecular complexity index is 692. The number of nitrogens with zero attached hydrogens (tertiary/aromatic N) is 2. The van der Waals surface area contributed by atoms with Crippen molar-refractivity contribution in [2.45, 2.75) is 6.42 Å². The molecule has 0 aliphatic carbocycles. The Morgan fingerprint density at radius 3 is 2.95 bits per heavy atom. The lowest BCUT2D eigenvalue weighted by Gasteiger charge is -1.99. The lowest BCUT2D eigenvalue weighted by Crippen LogP contribution is -1.88. The number of aromatic nitrogens is 2. The molecule has 0 saturated heterocycles. The zero-order valence-electron chi connectivity index (χ0n) is 9.91. The third kappa shape index (κ3) is 2.43. The minimum absolute atomic E-state index is 0.0336. The van der Waals surface area contributed by atoms with Gasteiger partial charge in [0.1, 0.15) is 5.75 Å². The maximum absolute atomic E-state index is 9.80. The van der Waals surface area contributed by atoms with Gasteiger partial charge in [-0.15, -0.1) is 11.3 Å². The number of anilines is 1. The third-order valence-corrected chi connectivity index (χ3v) is 3.51. The van der Waals surface area contributed by atoms with E-state index in [2.05, 4.69) is 10.1 Å². The molecule has 2 heterocycles. The van der Waals surface area contributed by atoms with Crippen molar-refractivity contribution in [1.82, 2.24) is 10.1 Å². The first-order valence-corrected chi connectivity index (χ1v) is 6.54. The normalized spacial score (nSPS) is 10.7. The predicted octanol–water partition coefficient (Wildman–Crippen LogP) is 2.68. The molecule has 1 aromatic carbocycles. The first kappa shape index (κ1) is 11.7. The fraction of sp³-hybridized carbons (Fsp3) is 0.0769.